The third-order valence-corrected chi connectivity index (χ3v) is 1.86. The molecule has 1 aliphatic heterocycles. The number of hydrogen-bond donors (Lipinski definition) is 3. The average molecular weight is 145 g/mol. The van der Waals surface area contributed by atoms with Gasteiger partial charge < -0.3 is 15.5 Å². The molecule has 0 radical (unpaired) electrons. The molecule has 1 aliphatic rings. The number of nitrogens with one attached hydrogen (secondary N) is 1. The zero-order valence-electron chi connectivity index (χ0n) is 5.58. The Kier molecular flexibility index (Phi) is 2.24. The first kappa shape index (κ1) is 7.50. The molecule has 4 heteroatoms. The van der Waals surface area contributed by atoms with Gasteiger partial charge in [-0.05, 0) is 13.0 Å². The molecule has 0 unspecified atom stereocenters. The summed E-state index contributed by atoms with van der Waals surface area (Å²) in [6, 6.07) is -0.238. The molecule has 0 saturated carbocycles. The lowest BCUT2D eigenvalue weighted by Gasteiger charge is -2.11. The molecule has 1 heterocycles. The van der Waals surface area contributed by atoms with Gasteiger partial charge in [0.2, 0.25) is 0 Å². The van der Waals surface area contributed by atoms with Crippen LogP contribution in [0.25, 0.3) is 0 Å². The Morgan fingerprint density at radius 3 is 2.80 bits per heavy atom. The summed E-state index contributed by atoms with van der Waals surface area (Å²) in [5, 5.41) is 20.1. The van der Waals surface area contributed by atoms with Crippen molar-refractivity contribution in [3.05, 3.63) is 0 Å². The van der Waals surface area contributed by atoms with Gasteiger partial charge in [-0.15, -0.1) is 0 Å². The van der Waals surface area contributed by atoms with Crippen molar-refractivity contribution >= 4 is 5.97 Å². The Hall–Kier alpha value is -0.610. The fourth-order valence-corrected chi connectivity index (χ4v) is 1.26. The van der Waals surface area contributed by atoms with Gasteiger partial charge in [0, 0.05) is 6.04 Å². The number of carbonyl (C=O) groups is 1. The van der Waals surface area contributed by atoms with Gasteiger partial charge in [-0.25, -0.2) is 0 Å². The second-order valence-electron chi connectivity index (χ2n) is 2.48. The van der Waals surface area contributed by atoms with Crippen molar-refractivity contribution in [3.63, 3.8) is 0 Å². The van der Waals surface area contributed by atoms with E-state index in [0.29, 0.717) is 13.0 Å². The zero-order chi connectivity index (χ0) is 7.56. The molecule has 0 amide bonds. The van der Waals surface area contributed by atoms with Crippen LogP contribution < -0.4 is 5.32 Å². The highest BCUT2D eigenvalue weighted by molar-refractivity contribution is 5.71. The molecule has 10 heavy (non-hydrogen) atoms. The minimum Gasteiger partial charge on any atom is -0.481 e. The average Bonchev–Trinajstić information content (AvgIpc) is 2.33. The monoisotopic (exact) mass is 145 g/mol. The SMILES string of the molecule is O=C(O)[C@H]1CCN[C@@H]1CO. The van der Waals surface area contributed by atoms with E-state index < -0.39 is 11.9 Å². The van der Waals surface area contributed by atoms with Crippen molar-refractivity contribution in [2.45, 2.75) is 12.5 Å². The zero-order valence-corrected chi connectivity index (χ0v) is 5.58. The molecule has 0 bridgehead atoms. The number of carboxylic acids is 1. The van der Waals surface area contributed by atoms with E-state index in [0.717, 1.165) is 0 Å². The van der Waals surface area contributed by atoms with Gasteiger partial charge >= 0.3 is 5.97 Å². The third-order valence-electron chi connectivity index (χ3n) is 1.86. The molecule has 58 valence electrons. The fourth-order valence-electron chi connectivity index (χ4n) is 1.26. The van der Waals surface area contributed by atoms with Crippen molar-refractivity contribution in [1.29, 1.82) is 0 Å². The van der Waals surface area contributed by atoms with Gasteiger partial charge in [0.15, 0.2) is 0 Å². The van der Waals surface area contributed by atoms with Gasteiger partial charge in [-0.1, -0.05) is 0 Å². The maximum absolute atomic E-state index is 10.4. The molecule has 0 aromatic rings. The molecular formula is C6H11NO3. The maximum Gasteiger partial charge on any atom is 0.308 e. The van der Waals surface area contributed by atoms with E-state index in [2.05, 4.69) is 5.32 Å². The predicted octanol–water partition coefficient (Wildman–Crippen LogP) is -0.959. The summed E-state index contributed by atoms with van der Waals surface area (Å²) < 4.78 is 0. The summed E-state index contributed by atoms with van der Waals surface area (Å²) in [6.45, 7) is 0.610. The van der Waals surface area contributed by atoms with Crippen molar-refractivity contribution < 1.29 is 15.0 Å². The molecule has 1 fully saturated rings. The van der Waals surface area contributed by atoms with Gasteiger partial charge in [0.25, 0.3) is 0 Å². The highest BCUT2D eigenvalue weighted by Crippen LogP contribution is 2.14. The lowest BCUT2D eigenvalue weighted by molar-refractivity contribution is -0.142. The molecule has 0 aromatic carbocycles. The summed E-state index contributed by atoms with van der Waals surface area (Å²) >= 11 is 0. The van der Waals surface area contributed by atoms with Crippen LogP contribution in [0.5, 0.6) is 0 Å². The van der Waals surface area contributed by atoms with Crippen LogP contribution in [0.4, 0.5) is 0 Å². The van der Waals surface area contributed by atoms with Crippen LogP contribution in [0.1, 0.15) is 6.42 Å². The van der Waals surface area contributed by atoms with Gasteiger partial charge in [0.1, 0.15) is 0 Å². The predicted molar refractivity (Wildman–Crippen MR) is 34.6 cm³/mol. The summed E-state index contributed by atoms with van der Waals surface area (Å²) in [7, 11) is 0. The molecule has 4 nitrogen and oxygen atoms in total. The maximum atomic E-state index is 10.4. The Morgan fingerprint density at radius 1 is 1.70 bits per heavy atom. The number of carboxylic acid groups (broad SMARTS) is 1. The van der Waals surface area contributed by atoms with Crippen LogP contribution in [0.3, 0.4) is 0 Å². The van der Waals surface area contributed by atoms with E-state index in [1.807, 2.05) is 0 Å². The molecule has 3 N–H and O–H groups in total. The summed E-state index contributed by atoms with van der Waals surface area (Å²) in [5.41, 5.74) is 0. The van der Waals surface area contributed by atoms with Gasteiger partial charge in [-0.3, -0.25) is 4.79 Å². The lowest BCUT2D eigenvalue weighted by Crippen LogP contribution is -2.34. The van der Waals surface area contributed by atoms with Crippen molar-refractivity contribution in [1.82, 2.24) is 5.32 Å². The third kappa shape index (κ3) is 1.27. The largest absolute Gasteiger partial charge is 0.481 e. The second-order valence-corrected chi connectivity index (χ2v) is 2.48. The number of aliphatic carboxylic acids is 1. The molecule has 1 rings (SSSR count). The van der Waals surface area contributed by atoms with E-state index in [1.54, 1.807) is 0 Å². The standard InChI is InChI=1S/C6H11NO3/c8-3-5-4(6(9)10)1-2-7-5/h4-5,7-8H,1-3H2,(H,9,10)/t4-,5+/m0/s1. The molecule has 1 saturated heterocycles. The van der Waals surface area contributed by atoms with E-state index in [-0.39, 0.29) is 12.6 Å². The van der Waals surface area contributed by atoms with E-state index in [4.69, 9.17) is 10.2 Å². The molecule has 0 aliphatic carbocycles. The highest BCUT2D eigenvalue weighted by Gasteiger charge is 2.31. The van der Waals surface area contributed by atoms with Gasteiger partial charge in [-0.2, -0.15) is 0 Å². The summed E-state index contributed by atoms with van der Waals surface area (Å²) in [4.78, 5) is 10.4. The molecular weight excluding hydrogens is 134 g/mol. The Bertz CT molecular complexity index is 137. The Balaban J connectivity index is 2.50. The first-order valence-corrected chi connectivity index (χ1v) is 3.32. The van der Waals surface area contributed by atoms with Crippen LogP contribution in [0.15, 0.2) is 0 Å². The number of aliphatic hydroxyl groups is 1. The first-order valence-electron chi connectivity index (χ1n) is 3.32. The van der Waals surface area contributed by atoms with E-state index in [9.17, 15) is 4.79 Å². The number of hydrogen-bond acceptors (Lipinski definition) is 3. The van der Waals surface area contributed by atoms with Gasteiger partial charge in [0.05, 0.1) is 12.5 Å². The topological polar surface area (TPSA) is 69.6 Å². The smallest absolute Gasteiger partial charge is 0.308 e. The fraction of sp³-hybridized carbons (Fsp3) is 0.833. The molecule has 2 atom stereocenters. The minimum atomic E-state index is -0.816. The van der Waals surface area contributed by atoms with Crippen LogP contribution >= 0.6 is 0 Å². The highest BCUT2D eigenvalue weighted by atomic mass is 16.4. The second kappa shape index (κ2) is 2.98. The van der Waals surface area contributed by atoms with Crippen LogP contribution in [0.2, 0.25) is 0 Å². The minimum absolute atomic E-state index is 0.0863. The summed E-state index contributed by atoms with van der Waals surface area (Å²) in [5.74, 6) is -1.21. The van der Waals surface area contributed by atoms with Crippen LogP contribution in [-0.4, -0.2) is 35.4 Å². The van der Waals surface area contributed by atoms with Crippen molar-refractivity contribution in [2.75, 3.05) is 13.2 Å². The first-order chi connectivity index (χ1) is 4.75. The lowest BCUT2D eigenvalue weighted by atomic mass is 10.0. The Morgan fingerprint density at radius 2 is 2.40 bits per heavy atom. The van der Waals surface area contributed by atoms with E-state index >= 15 is 0 Å². The van der Waals surface area contributed by atoms with E-state index in [1.165, 1.54) is 0 Å². The van der Waals surface area contributed by atoms with Crippen molar-refractivity contribution in [3.8, 4) is 0 Å². The van der Waals surface area contributed by atoms with Crippen LogP contribution in [0, 0.1) is 5.92 Å². The number of aliphatic hydroxyl groups excluding tert-OH is 1. The number of rotatable bonds is 2. The molecule has 0 spiro atoms. The molecule has 0 aromatic heterocycles. The quantitative estimate of drug-likeness (QED) is 0.468. The summed E-state index contributed by atoms with van der Waals surface area (Å²) in [6.07, 6.45) is 0.626. The Labute approximate surface area is 58.9 Å². The van der Waals surface area contributed by atoms with Crippen molar-refractivity contribution in [2.24, 2.45) is 5.92 Å². The van der Waals surface area contributed by atoms with Crippen LogP contribution in [-0.2, 0) is 4.79 Å². The normalized spacial score (nSPS) is 32.5.